The van der Waals surface area contributed by atoms with Gasteiger partial charge in [-0.15, -0.1) is 0 Å². The molecule has 2 aromatic rings. The van der Waals surface area contributed by atoms with Gasteiger partial charge in [-0.05, 0) is 50.2 Å². The maximum atomic E-state index is 10.1. The predicted octanol–water partition coefficient (Wildman–Crippen LogP) is 2.45. The van der Waals surface area contributed by atoms with Crippen molar-refractivity contribution in [3.05, 3.63) is 54.5 Å². The number of ether oxygens (including phenoxy) is 1. The lowest BCUT2D eigenvalue weighted by Crippen LogP contribution is -2.38. The molecule has 1 fully saturated rings. The van der Waals surface area contributed by atoms with Crippen molar-refractivity contribution >= 4 is 0 Å². The number of para-hydroxylation sites is 1. The highest BCUT2D eigenvalue weighted by Crippen LogP contribution is 2.24. The average Bonchev–Trinajstić information content (AvgIpc) is 3.31. The second kappa shape index (κ2) is 8.87. The van der Waals surface area contributed by atoms with Gasteiger partial charge < -0.3 is 19.6 Å². The van der Waals surface area contributed by atoms with Crippen LogP contribution >= 0.6 is 0 Å². The van der Waals surface area contributed by atoms with Crippen molar-refractivity contribution in [2.24, 2.45) is 0 Å². The fourth-order valence-corrected chi connectivity index (χ4v) is 3.10. The van der Waals surface area contributed by atoms with Crippen molar-refractivity contribution in [1.82, 2.24) is 10.2 Å². The normalized spacial score (nSPS) is 17.7. The first-order valence-corrected chi connectivity index (χ1v) is 8.67. The number of furan rings is 1. The Morgan fingerprint density at radius 2 is 1.88 bits per heavy atom. The summed E-state index contributed by atoms with van der Waals surface area (Å²) in [6, 6.07) is 13.7. The molecule has 24 heavy (non-hydrogen) atoms. The standard InChI is InChI=1S/C19H26N2O3/c22-16(15-24-17-7-2-1-3-8-17)13-20-14-18(19-9-6-12-23-19)21-10-4-5-11-21/h1-3,6-9,12,16,18,20,22H,4-5,10-11,13-15H2. The molecule has 3 rings (SSSR count). The fraction of sp³-hybridized carbons (Fsp3) is 0.474. The maximum absolute atomic E-state index is 10.1. The molecule has 0 saturated carbocycles. The molecule has 1 aromatic heterocycles. The zero-order valence-corrected chi connectivity index (χ0v) is 13.9. The van der Waals surface area contributed by atoms with Crippen molar-refractivity contribution in [3.8, 4) is 5.75 Å². The first kappa shape index (κ1) is 17.0. The van der Waals surface area contributed by atoms with E-state index in [-0.39, 0.29) is 12.6 Å². The Morgan fingerprint density at radius 1 is 1.08 bits per heavy atom. The number of hydrogen-bond acceptors (Lipinski definition) is 5. The summed E-state index contributed by atoms with van der Waals surface area (Å²) >= 11 is 0. The Balaban J connectivity index is 1.43. The summed E-state index contributed by atoms with van der Waals surface area (Å²) in [5.74, 6) is 1.77. The van der Waals surface area contributed by atoms with Gasteiger partial charge in [0.15, 0.2) is 0 Å². The van der Waals surface area contributed by atoms with E-state index in [1.165, 1.54) is 12.8 Å². The Hall–Kier alpha value is -1.82. The predicted molar refractivity (Wildman–Crippen MR) is 93.1 cm³/mol. The lowest BCUT2D eigenvalue weighted by molar-refractivity contribution is 0.103. The van der Waals surface area contributed by atoms with E-state index in [1.54, 1.807) is 6.26 Å². The second-order valence-corrected chi connectivity index (χ2v) is 6.21. The Labute approximate surface area is 143 Å². The number of likely N-dealkylation sites (tertiary alicyclic amines) is 1. The molecule has 0 bridgehead atoms. The highest BCUT2D eigenvalue weighted by atomic mass is 16.5. The monoisotopic (exact) mass is 330 g/mol. The van der Waals surface area contributed by atoms with Crippen molar-refractivity contribution < 1.29 is 14.3 Å². The molecule has 2 atom stereocenters. The van der Waals surface area contributed by atoms with E-state index in [0.29, 0.717) is 6.54 Å². The molecule has 5 heteroatoms. The van der Waals surface area contributed by atoms with E-state index in [4.69, 9.17) is 9.15 Å². The molecule has 130 valence electrons. The fourth-order valence-electron chi connectivity index (χ4n) is 3.10. The maximum Gasteiger partial charge on any atom is 0.122 e. The minimum absolute atomic E-state index is 0.227. The van der Waals surface area contributed by atoms with Gasteiger partial charge in [0, 0.05) is 13.1 Å². The van der Waals surface area contributed by atoms with Gasteiger partial charge in [0.05, 0.1) is 12.3 Å². The second-order valence-electron chi connectivity index (χ2n) is 6.21. The van der Waals surface area contributed by atoms with Crippen molar-refractivity contribution in [1.29, 1.82) is 0 Å². The lowest BCUT2D eigenvalue weighted by atomic mass is 10.2. The van der Waals surface area contributed by atoms with Crippen LogP contribution in [0.25, 0.3) is 0 Å². The number of aliphatic hydroxyl groups excluding tert-OH is 1. The smallest absolute Gasteiger partial charge is 0.122 e. The van der Waals surface area contributed by atoms with Crippen LogP contribution in [0, 0.1) is 0 Å². The van der Waals surface area contributed by atoms with Crippen LogP contribution < -0.4 is 10.1 Å². The van der Waals surface area contributed by atoms with E-state index in [0.717, 1.165) is 31.1 Å². The van der Waals surface area contributed by atoms with Crippen molar-refractivity contribution in [2.75, 3.05) is 32.8 Å². The van der Waals surface area contributed by atoms with Crippen LogP contribution in [0.2, 0.25) is 0 Å². The quantitative estimate of drug-likeness (QED) is 0.740. The molecule has 2 heterocycles. The minimum Gasteiger partial charge on any atom is -0.491 e. The van der Waals surface area contributed by atoms with Gasteiger partial charge in [-0.25, -0.2) is 0 Å². The summed E-state index contributed by atoms with van der Waals surface area (Å²) in [6.07, 6.45) is 3.66. The number of rotatable bonds is 9. The number of benzene rings is 1. The van der Waals surface area contributed by atoms with Crippen LogP contribution in [0.1, 0.15) is 24.6 Å². The molecule has 1 aliphatic heterocycles. The largest absolute Gasteiger partial charge is 0.491 e. The minimum atomic E-state index is -0.541. The van der Waals surface area contributed by atoms with Crippen LogP contribution in [-0.2, 0) is 0 Å². The molecule has 5 nitrogen and oxygen atoms in total. The summed E-state index contributed by atoms with van der Waals surface area (Å²) in [6.45, 7) is 3.75. The zero-order valence-electron chi connectivity index (χ0n) is 13.9. The van der Waals surface area contributed by atoms with Gasteiger partial charge in [-0.3, -0.25) is 4.90 Å². The number of aliphatic hydroxyl groups is 1. The van der Waals surface area contributed by atoms with E-state index < -0.39 is 6.10 Å². The topological polar surface area (TPSA) is 57.9 Å². The third-order valence-electron chi connectivity index (χ3n) is 4.36. The Bertz CT molecular complexity index is 568. The number of hydrogen-bond donors (Lipinski definition) is 2. The summed E-state index contributed by atoms with van der Waals surface area (Å²) in [5, 5.41) is 13.4. The molecule has 1 aromatic carbocycles. The zero-order chi connectivity index (χ0) is 16.6. The highest BCUT2D eigenvalue weighted by Gasteiger charge is 2.25. The van der Waals surface area contributed by atoms with E-state index in [1.807, 2.05) is 42.5 Å². The Morgan fingerprint density at radius 3 is 2.58 bits per heavy atom. The van der Waals surface area contributed by atoms with Gasteiger partial charge in [0.25, 0.3) is 0 Å². The number of nitrogens with one attached hydrogen (secondary N) is 1. The van der Waals surface area contributed by atoms with Gasteiger partial charge in [0.2, 0.25) is 0 Å². The molecule has 1 aliphatic rings. The highest BCUT2D eigenvalue weighted by molar-refractivity contribution is 5.20. The van der Waals surface area contributed by atoms with Crippen LogP contribution in [0.15, 0.2) is 53.1 Å². The molecular weight excluding hydrogens is 304 g/mol. The van der Waals surface area contributed by atoms with Crippen molar-refractivity contribution in [2.45, 2.75) is 25.0 Å². The molecule has 0 spiro atoms. The molecule has 1 saturated heterocycles. The molecule has 2 unspecified atom stereocenters. The van der Waals surface area contributed by atoms with Gasteiger partial charge >= 0.3 is 0 Å². The van der Waals surface area contributed by atoms with Crippen molar-refractivity contribution in [3.63, 3.8) is 0 Å². The first-order chi connectivity index (χ1) is 11.8. The molecule has 0 aliphatic carbocycles. The van der Waals surface area contributed by atoms with E-state index in [2.05, 4.69) is 10.2 Å². The van der Waals surface area contributed by atoms with Crippen LogP contribution in [0.4, 0.5) is 0 Å². The van der Waals surface area contributed by atoms with E-state index >= 15 is 0 Å². The third kappa shape index (κ3) is 4.84. The van der Waals surface area contributed by atoms with Crippen LogP contribution in [-0.4, -0.2) is 48.9 Å². The Kier molecular flexibility index (Phi) is 6.29. The first-order valence-electron chi connectivity index (χ1n) is 8.67. The lowest BCUT2D eigenvalue weighted by Gasteiger charge is -2.26. The van der Waals surface area contributed by atoms with Gasteiger partial charge in [-0.2, -0.15) is 0 Å². The summed E-state index contributed by atoms with van der Waals surface area (Å²) in [7, 11) is 0. The molecule has 2 N–H and O–H groups in total. The molecular formula is C19H26N2O3. The summed E-state index contributed by atoms with van der Waals surface area (Å²) < 4.78 is 11.2. The molecule has 0 radical (unpaired) electrons. The summed E-state index contributed by atoms with van der Waals surface area (Å²) in [4.78, 5) is 2.44. The SMILES string of the molecule is OC(CNCC(c1ccco1)N1CCCC1)COc1ccccc1. The number of nitrogens with zero attached hydrogens (tertiary/aromatic N) is 1. The van der Waals surface area contributed by atoms with Crippen LogP contribution in [0.5, 0.6) is 5.75 Å². The average molecular weight is 330 g/mol. The third-order valence-corrected chi connectivity index (χ3v) is 4.36. The van der Waals surface area contributed by atoms with Crippen LogP contribution in [0.3, 0.4) is 0 Å². The molecule has 0 amide bonds. The van der Waals surface area contributed by atoms with E-state index in [9.17, 15) is 5.11 Å². The summed E-state index contributed by atoms with van der Waals surface area (Å²) in [5.41, 5.74) is 0. The van der Waals surface area contributed by atoms with Gasteiger partial charge in [0.1, 0.15) is 24.2 Å². The van der Waals surface area contributed by atoms with Gasteiger partial charge in [-0.1, -0.05) is 18.2 Å².